The molecule has 3 rings (SSSR count). The lowest BCUT2D eigenvalue weighted by Crippen LogP contribution is -2.19. The minimum atomic E-state index is -3.34. The quantitative estimate of drug-likeness (QED) is 0.891. The molecule has 0 bridgehead atoms. The molecule has 0 saturated carbocycles. The average Bonchev–Trinajstić information content (AvgIpc) is 2.54. The Labute approximate surface area is 131 Å². The van der Waals surface area contributed by atoms with E-state index < -0.39 is 10.0 Å². The van der Waals surface area contributed by atoms with Gasteiger partial charge in [-0.2, -0.15) is 0 Å². The molecule has 0 atom stereocenters. The van der Waals surface area contributed by atoms with E-state index in [4.69, 9.17) is 0 Å². The van der Waals surface area contributed by atoms with E-state index in [1.807, 2.05) is 48.5 Å². The van der Waals surface area contributed by atoms with Gasteiger partial charge in [0.15, 0.2) is 0 Å². The van der Waals surface area contributed by atoms with Gasteiger partial charge in [0.2, 0.25) is 10.0 Å². The Balaban J connectivity index is 1.66. The Hall–Kier alpha value is -2.01. The summed E-state index contributed by atoms with van der Waals surface area (Å²) >= 11 is 0. The van der Waals surface area contributed by atoms with E-state index in [1.54, 1.807) is 0 Å². The number of hydrogen-bond acceptors (Lipinski definition) is 3. The first-order valence-electron chi connectivity index (χ1n) is 7.54. The van der Waals surface area contributed by atoms with E-state index in [2.05, 4.69) is 10.0 Å². The van der Waals surface area contributed by atoms with Gasteiger partial charge in [0.1, 0.15) is 0 Å². The minimum absolute atomic E-state index is 0.0848. The molecule has 22 heavy (non-hydrogen) atoms. The minimum Gasteiger partial charge on any atom is -0.385 e. The van der Waals surface area contributed by atoms with Crippen molar-refractivity contribution in [3.63, 3.8) is 0 Å². The number of benzene rings is 2. The van der Waals surface area contributed by atoms with E-state index in [1.165, 1.54) is 5.56 Å². The summed E-state index contributed by atoms with van der Waals surface area (Å²) in [5.41, 5.74) is 3.94. The molecule has 4 nitrogen and oxygen atoms in total. The molecular weight excluding hydrogens is 296 g/mol. The van der Waals surface area contributed by atoms with Crippen LogP contribution in [0, 0.1) is 0 Å². The van der Waals surface area contributed by atoms with Crippen molar-refractivity contribution in [2.75, 3.05) is 22.3 Å². The second-order valence-electron chi connectivity index (χ2n) is 5.56. The third-order valence-electron chi connectivity index (χ3n) is 3.82. The number of fused-ring (bicyclic) bond motifs is 1. The van der Waals surface area contributed by atoms with Crippen LogP contribution in [0.25, 0.3) is 0 Å². The van der Waals surface area contributed by atoms with Crippen LogP contribution in [0.1, 0.15) is 17.5 Å². The van der Waals surface area contributed by atoms with Gasteiger partial charge in [0, 0.05) is 12.2 Å². The standard InChI is InChI=1S/C17H20N2O2S/c20-22(21,12-10-14-5-2-1-3-6-14)19-16-9-8-15-7-4-11-18-17(15)13-16/h1-3,5-6,8-9,13,18-19H,4,7,10-12H2. The highest BCUT2D eigenvalue weighted by Gasteiger charge is 2.13. The van der Waals surface area contributed by atoms with Gasteiger partial charge in [-0.3, -0.25) is 4.72 Å². The molecule has 0 radical (unpaired) electrons. The van der Waals surface area contributed by atoms with Crippen molar-refractivity contribution in [3.05, 3.63) is 59.7 Å². The summed E-state index contributed by atoms with van der Waals surface area (Å²) in [7, 11) is -3.34. The maximum Gasteiger partial charge on any atom is 0.233 e. The van der Waals surface area contributed by atoms with Crippen LogP contribution in [0.3, 0.4) is 0 Å². The molecule has 0 saturated heterocycles. The van der Waals surface area contributed by atoms with Crippen molar-refractivity contribution in [2.45, 2.75) is 19.3 Å². The largest absolute Gasteiger partial charge is 0.385 e. The normalized spacial score (nSPS) is 14.0. The van der Waals surface area contributed by atoms with Crippen LogP contribution < -0.4 is 10.0 Å². The van der Waals surface area contributed by atoms with E-state index >= 15 is 0 Å². The molecule has 0 aliphatic carbocycles. The third-order valence-corrected chi connectivity index (χ3v) is 5.11. The average molecular weight is 316 g/mol. The molecule has 116 valence electrons. The zero-order valence-corrected chi connectivity index (χ0v) is 13.2. The Morgan fingerprint density at radius 3 is 2.73 bits per heavy atom. The van der Waals surface area contributed by atoms with Crippen LogP contribution in [-0.4, -0.2) is 20.7 Å². The highest BCUT2D eigenvalue weighted by molar-refractivity contribution is 7.92. The van der Waals surface area contributed by atoms with Crippen molar-refractivity contribution in [1.29, 1.82) is 0 Å². The van der Waals surface area contributed by atoms with Crippen LogP contribution in [0.4, 0.5) is 11.4 Å². The molecule has 0 aromatic heterocycles. The summed E-state index contributed by atoms with van der Waals surface area (Å²) in [5, 5.41) is 3.31. The summed E-state index contributed by atoms with van der Waals surface area (Å²) < 4.78 is 27.1. The monoisotopic (exact) mass is 316 g/mol. The van der Waals surface area contributed by atoms with Crippen molar-refractivity contribution >= 4 is 21.4 Å². The van der Waals surface area contributed by atoms with Crippen molar-refractivity contribution in [3.8, 4) is 0 Å². The molecule has 2 aromatic carbocycles. The molecule has 1 aliphatic rings. The van der Waals surface area contributed by atoms with E-state index in [-0.39, 0.29) is 5.75 Å². The first-order valence-corrected chi connectivity index (χ1v) is 9.19. The molecule has 1 heterocycles. The number of anilines is 2. The van der Waals surface area contributed by atoms with Gasteiger partial charge in [-0.25, -0.2) is 8.42 Å². The number of aryl methyl sites for hydroxylation is 2. The van der Waals surface area contributed by atoms with Gasteiger partial charge < -0.3 is 5.32 Å². The van der Waals surface area contributed by atoms with E-state index in [9.17, 15) is 8.42 Å². The van der Waals surface area contributed by atoms with Crippen LogP contribution in [0.2, 0.25) is 0 Å². The maximum atomic E-state index is 12.2. The Morgan fingerprint density at radius 2 is 1.91 bits per heavy atom. The maximum absolute atomic E-state index is 12.2. The van der Waals surface area contributed by atoms with Crippen LogP contribution in [-0.2, 0) is 22.9 Å². The second-order valence-corrected chi connectivity index (χ2v) is 7.40. The third kappa shape index (κ3) is 3.80. The van der Waals surface area contributed by atoms with E-state index in [0.717, 1.165) is 30.6 Å². The van der Waals surface area contributed by atoms with Gasteiger partial charge >= 0.3 is 0 Å². The second kappa shape index (κ2) is 6.40. The Morgan fingerprint density at radius 1 is 1.09 bits per heavy atom. The lowest BCUT2D eigenvalue weighted by atomic mass is 10.0. The molecule has 0 fully saturated rings. The molecule has 5 heteroatoms. The van der Waals surface area contributed by atoms with Gasteiger partial charge in [-0.1, -0.05) is 36.4 Å². The number of hydrogen-bond donors (Lipinski definition) is 2. The predicted octanol–water partition coefficient (Wildman–Crippen LogP) is 3.03. The first kappa shape index (κ1) is 14.9. The molecule has 0 spiro atoms. The summed E-state index contributed by atoms with van der Waals surface area (Å²) in [6, 6.07) is 15.4. The number of sulfonamides is 1. The fourth-order valence-corrected chi connectivity index (χ4v) is 3.74. The SMILES string of the molecule is O=S(=O)(CCc1ccccc1)Nc1ccc2c(c1)NCCC2. The van der Waals surface area contributed by atoms with Gasteiger partial charge in [-0.15, -0.1) is 0 Å². The first-order chi connectivity index (χ1) is 10.6. The van der Waals surface area contributed by atoms with Gasteiger partial charge in [0.25, 0.3) is 0 Å². The summed E-state index contributed by atoms with van der Waals surface area (Å²) in [5.74, 6) is 0.0848. The molecule has 1 aliphatic heterocycles. The highest BCUT2D eigenvalue weighted by Crippen LogP contribution is 2.25. The van der Waals surface area contributed by atoms with Crippen molar-refractivity contribution in [2.24, 2.45) is 0 Å². The summed E-state index contributed by atoms with van der Waals surface area (Å²) in [4.78, 5) is 0. The Bertz CT molecular complexity index is 743. The van der Waals surface area contributed by atoms with Crippen LogP contribution >= 0.6 is 0 Å². The molecule has 2 aromatic rings. The highest BCUT2D eigenvalue weighted by atomic mass is 32.2. The fraction of sp³-hybridized carbons (Fsp3) is 0.294. The Kier molecular flexibility index (Phi) is 4.34. The van der Waals surface area contributed by atoms with Crippen molar-refractivity contribution in [1.82, 2.24) is 0 Å². The van der Waals surface area contributed by atoms with Crippen LogP contribution in [0.5, 0.6) is 0 Å². The lowest BCUT2D eigenvalue weighted by Gasteiger charge is -2.19. The zero-order valence-electron chi connectivity index (χ0n) is 12.4. The van der Waals surface area contributed by atoms with Crippen LogP contribution in [0.15, 0.2) is 48.5 Å². The molecule has 2 N–H and O–H groups in total. The molecular formula is C17H20N2O2S. The topological polar surface area (TPSA) is 58.2 Å². The van der Waals surface area contributed by atoms with Crippen molar-refractivity contribution < 1.29 is 8.42 Å². The van der Waals surface area contributed by atoms with E-state index in [0.29, 0.717) is 12.1 Å². The predicted molar refractivity (Wildman–Crippen MR) is 90.8 cm³/mol. The molecule has 0 unspecified atom stereocenters. The lowest BCUT2D eigenvalue weighted by molar-refractivity contribution is 0.600. The smallest absolute Gasteiger partial charge is 0.233 e. The number of nitrogens with one attached hydrogen (secondary N) is 2. The fourth-order valence-electron chi connectivity index (χ4n) is 2.65. The zero-order chi connectivity index (χ0) is 15.4. The number of rotatable bonds is 5. The van der Waals surface area contributed by atoms with Gasteiger partial charge in [0.05, 0.1) is 11.4 Å². The van der Waals surface area contributed by atoms with Gasteiger partial charge in [-0.05, 0) is 42.5 Å². The summed E-state index contributed by atoms with van der Waals surface area (Å²) in [6.45, 7) is 0.942. The summed E-state index contributed by atoms with van der Waals surface area (Å²) in [6.07, 6.45) is 2.68. The molecule has 0 amide bonds.